The minimum atomic E-state index is -1.65. The zero-order chi connectivity index (χ0) is 16.0. The topological polar surface area (TPSA) is 13.0 Å². The normalized spacial score (nSPS) is 23.8. The van der Waals surface area contributed by atoms with Gasteiger partial charge in [0, 0.05) is 52.4 Å². The minimum absolute atomic E-state index is 1.23. The standard InChI is InChI=1S/C17H36N4Si/c1-5-8-18-10-14-20(15-11-18)22(4,7-3)21-16-12-19(9-6-2)13-17-21/h7H,3,5-6,8-17H2,1-2,4H3. The molecule has 0 aromatic carbocycles. The van der Waals surface area contributed by atoms with Crippen LogP contribution in [-0.2, 0) is 0 Å². The Kier molecular flexibility index (Phi) is 7.09. The van der Waals surface area contributed by atoms with Gasteiger partial charge in [-0.05, 0) is 32.5 Å². The Hall–Kier alpha value is -0.203. The van der Waals surface area contributed by atoms with Crippen LogP contribution in [0.15, 0.2) is 12.3 Å². The van der Waals surface area contributed by atoms with Crippen molar-refractivity contribution in [1.82, 2.24) is 18.9 Å². The van der Waals surface area contributed by atoms with Crippen LogP contribution in [0.25, 0.3) is 0 Å². The van der Waals surface area contributed by atoms with Gasteiger partial charge in [-0.25, -0.2) is 0 Å². The van der Waals surface area contributed by atoms with E-state index in [1.807, 2.05) is 0 Å². The highest BCUT2D eigenvalue weighted by molar-refractivity contribution is 6.78. The molecular formula is C17H36N4Si. The van der Waals surface area contributed by atoms with Crippen LogP contribution in [-0.4, -0.2) is 92.8 Å². The Labute approximate surface area is 138 Å². The first-order chi connectivity index (χ1) is 10.6. The summed E-state index contributed by atoms with van der Waals surface area (Å²) in [5.41, 5.74) is 2.32. The van der Waals surface area contributed by atoms with E-state index in [0.717, 1.165) is 0 Å². The monoisotopic (exact) mass is 324 g/mol. The van der Waals surface area contributed by atoms with Crippen LogP contribution in [0.3, 0.4) is 0 Å². The number of piperazine rings is 2. The summed E-state index contributed by atoms with van der Waals surface area (Å²) >= 11 is 0. The Bertz CT molecular complexity index is 308. The van der Waals surface area contributed by atoms with Crippen LogP contribution in [0.2, 0.25) is 6.55 Å². The molecule has 0 N–H and O–H groups in total. The van der Waals surface area contributed by atoms with Gasteiger partial charge in [-0.1, -0.05) is 19.5 Å². The third-order valence-corrected chi connectivity index (χ3v) is 9.72. The molecular weight excluding hydrogens is 288 g/mol. The van der Waals surface area contributed by atoms with Crippen molar-refractivity contribution in [3.05, 3.63) is 12.3 Å². The van der Waals surface area contributed by atoms with E-state index < -0.39 is 8.40 Å². The molecule has 0 bridgehead atoms. The molecule has 0 unspecified atom stereocenters. The summed E-state index contributed by atoms with van der Waals surface area (Å²) in [5, 5.41) is 0. The van der Waals surface area contributed by atoms with Gasteiger partial charge in [0.1, 0.15) is 0 Å². The lowest BCUT2D eigenvalue weighted by Gasteiger charge is -2.50. The predicted molar refractivity (Wildman–Crippen MR) is 98.4 cm³/mol. The highest BCUT2D eigenvalue weighted by atomic mass is 28.3. The fraction of sp³-hybridized carbons (Fsp3) is 0.882. The Morgan fingerprint density at radius 1 is 0.773 bits per heavy atom. The van der Waals surface area contributed by atoms with Crippen LogP contribution < -0.4 is 0 Å². The minimum Gasteiger partial charge on any atom is -0.306 e. The maximum absolute atomic E-state index is 4.25. The SMILES string of the molecule is C=C[Si](C)(N1CCN(CCC)CC1)N1CCN(CCC)CC1. The lowest BCUT2D eigenvalue weighted by molar-refractivity contribution is 0.149. The molecule has 0 spiro atoms. The van der Waals surface area contributed by atoms with Gasteiger partial charge in [-0.15, -0.1) is 6.58 Å². The second kappa shape index (κ2) is 8.59. The Balaban J connectivity index is 1.91. The molecule has 2 saturated heterocycles. The van der Waals surface area contributed by atoms with Gasteiger partial charge in [-0.3, -0.25) is 0 Å². The maximum atomic E-state index is 4.25. The van der Waals surface area contributed by atoms with Gasteiger partial charge >= 0.3 is 0 Å². The predicted octanol–water partition coefficient (Wildman–Crippen LogP) is 1.84. The summed E-state index contributed by atoms with van der Waals surface area (Å²) in [7, 11) is -1.65. The molecule has 0 saturated carbocycles. The van der Waals surface area contributed by atoms with Crippen molar-refractivity contribution >= 4 is 8.40 Å². The van der Waals surface area contributed by atoms with Gasteiger partial charge in [0.2, 0.25) is 8.40 Å². The van der Waals surface area contributed by atoms with E-state index in [4.69, 9.17) is 0 Å². The molecule has 2 aliphatic heterocycles. The van der Waals surface area contributed by atoms with Crippen LogP contribution in [0.1, 0.15) is 26.7 Å². The first-order valence-corrected chi connectivity index (χ1v) is 11.7. The lowest BCUT2D eigenvalue weighted by atomic mass is 10.3. The summed E-state index contributed by atoms with van der Waals surface area (Å²) in [5.74, 6) is 0. The zero-order valence-electron chi connectivity index (χ0n) is 15.1. The third-order valence-electron chi connectivity index (χ3n) is 5.49. The van der Waals surface area contributed by atoms with Crippen molar-refractivity contribution < 1.29 is 0 Å². The summed E-state index contributed by atoms with van der Waals surface area (Å²) in [6.45, 7) is 23.7. The summed E-state index contributed by atoms with van der Waals surface area (Å²) in [6.07, 6.45) is 2.55. The number of hydrogen-bond acceptors (Lipinski definition) is 4. The first-order valence-electron chi connectivity index (χ1n) is 9.22. The average Bonchev–Trinajstić information content (AvgIpc) is 2.56. The van der Waals surface area contributed by atoms with Gasteiger partial charge in [-0.2, -0.15) is 0 Å². The van der Waals surface area contributed by atoms with E-state index in [1.54, 1.807) is 0 Å². The van der Waals surface area contributed by atoms with E-state index in [2.05, 4.69) is 51.6 Å². The van der Waals surface area contributed by atoms with Crippen molar-refractivity contribution in [2.75, 3.05) is 65.4 Å². The van der Waals surface area contributed by atoms with Crippen LogP contribution in [0.4, 0.5) is 0 Å². The first kappa shape index (κ1) is 18.1. The molecule has 22 heavy (non-hydrogen) atoms. The van der Waals surface area contributed by atoms with Gasteiger partial charge < -0.3 is 18.9 Å². The molecule has 2 fully saturated rings. The largest absolute Gasteiger partial charge is 0.306 e. The smallest absolute Gasteiger partial charge is 0.228 e. The maximum Gasteiger partial charge on any atom is 0.228 e. The fourth-order valence-corrected chi connectivity index (χ4v) is 7.07. The summed E-state index contributed by atoms with van der Waals surface area (Å²) < 4.78 is 5.56. The lowest BCUT2D eigenvalue weighted by Crippen LogP contribution is -2.69. The highest BCUT2D eigenvalue weighted by Crippen LogP contribution is 2.21. The van der Waals surface area contributed by atoms with Crippen LogP contribution in [0, 0.1) is 0 Å². The van der Waals surface area contributed by atoms with Crippen molar-refractivity contribution in [3.63, 3.8) is 0 Å². The Morgan fingerprint density at radius 2 is 1.14 bits per heavy atom. The third kappa shape index (κ3) is 4.20. The molecule has 2 aliphatic rings. The molecule has 0 aromatic rings. The van der Waals surface area contributed by atoms with Crippen molar-refractivity contribution in [2.45, 2.75) is 33.2 Å². The molecule has 0 aliphatic carbocycles. The fourth-order valence-electron chi connectivity index (χ4n) is 3.94. The Morgan fingerprint density at radius 3 is 1.41 bits per heavy atom. The van der Waals surface area contributed by atoms with E-state index in [0.29, 0.717) is 0 Å². The van der Waals surface area contributed by atoms with Gasteiger partial charge in [0.05, 0.1) is 0 Å². The van der Waals surface area contributed by atoms with E-state index >= 15 is 0 Å². The van der Waals surface area contributed by atoms with Crippen molar-refractivity contribution in [1.29, 1.82) is 0 Å². The molecule has 0 aromatic heterocycles. The molecule has 128 valence electrons. The second-order valence-electron chi connectivity index (χ2n) is 6.96. The number of nitrogens with zero attached hydrogens (tertiary/aromatic N) is 4. The van der Waals surface area contributed by atoms with Crippen molar-refractivity contribution in [2.24, 2.45) is 0 Å². The number of rotatable bonds is 7. The van der Waals surface area contributed by atoms with Crippen molar-refractivity contribution in [3.8, 4) is 0 Å². The zero-order valence-corrected chi connectivity index (χ0v) is 16.1. The van der Waals surface area contributed by atoms with E-state index in [9.17, 15) is 0 Å². The molecule has 0 atom stereocenters. The summed E-state index contributed by atoms with van der Waals surface area (Å²) in [4.78, 5) is 5.24. The molecule has 4 nitrogen and oxygen atoms in total. The highest BCUT2D eigenvalue weighted by Gasteiger charge is 2.40. The molecule has 2 heterocycles. The number of hydrogen-bond donors (Lipinski definition) is 0. The molecule has 0 radical (unpaired) electrons. The van der Waals surface area contributed by atoms with E-state index in [1.165, 1.54) is 78.3 Å². The molecule has 2 rings (SSSR count). The molecule has 0 amide bonds. The average molecular weight is 325 g/mol. The summed E-state index contributed by atoms with van der Waals surface area (Å²) in [6, 6.07) is 0. The quantitative estimate of drug-likeness (QED) is 0.663. The molecule has 5 heteroatoms. The van der Waals surface area contributed by atoms with Crippen LogP contribution in [0.5, 0.6) is 0 Å². The van der Waals surface area contributed by atoms with Gasteiger partial charge in [0.25, 0.3) is 0 Å². The van der Waals surface area contributed by atoms with E-state index in [-0.39, 0.29) is 0 Å². The van der Waals surface area contributed by atoms with Crippen LogP contribution >= 0.6 is 0 Å². The van der Waals surface area contributed by atoms with Gasteiger partial charge in [0.15, 0.2) is 0 Å². The second-order valence-corrected chi connectivity index (χ2v) is 10.8.